The lowest BCUT2D eigenvalue weighted by Gasteiger charge is -2.21. The van der Waals surface area contributed by atoms with Crippen LogP contribution in [0.4, 0.5) is 4.79 Å². The number of terminal acetylenes is 1. The number of nitrogens with one attached hydrogen (secondary N) is 1. The summed E-state index contributed by atoms with van der Waals surface area (Å²) in [6.07, 6.45) is 6.61. The molecule has 1 heterocycles. The van der Waals surface area contributed by atoms with Crippen LogP contribution in [0.3, 0.4) is 0 Å². The van der Waals surface area contributed by atoms with Gasteiger partial charge in [-0.15, -0.1) is 11.4 Å². The monoisotopic (exact) mass is 377 g/mol. The number of para-hydroxylation sites is 1. The summed E-state index contributed by atoms with van der Waals surface area (Å²) in [6, 6.07) is 13.4. The number of amides is 3. The molecule has 1 fully saturated rings. The Kier molecular flexibility index (Phi) is 5.32. The minimum Gasteiger partial charge on any atom is -0.497 e. The fourth-order valence-electron chi connectivity index (χ4n) is 2.81. The molecule has 1 aliphatic rings. The van der Waals surface area contributed by atoms with E-state index < -0.39 is 17.5 Å². The first-order valence-corrected chi connectivity index (χ1v) is 8.50. The third-order valence-electron chi connectivity index (χ3n) is 4.38. The number of carbonyl (C=O) groups is 2. The summed E-state index contributed by atoms with van der Waals surface area (Å²) in [5.74, 6) is 3.07. The minimum atomic E-state index is -1.22. The minimum absolute atomic E-state index is 0.101. The van der Waals surface area contributed by atoms with Gasteiger partial charge in [-0.2, -0.15) is 5.10 Å². The molecule has 2 aromatic rings. The van der Waals surface area contributed by atoms with Crippen LogP contribution in [-0.4, -0.2) is 36.9 Å². The van der Waals surface area contributed by atoms with Crippen molar-refractivity contribution >= 4 is 18.2 Å². The molecule has 0 radical (unpaired) electrons. The Balaban J connectivity index is 1.84. The van der Waals surface area contributed by atoms with Crippen molar-refractivity contribution in [3.8, 4) is 23.8 Å². The number of hydrogen-bond donors (Lipinski definition) is 1. The third-order valence-corrected chi connectivity index (χ3v) is 4.38. The largest absolute Gasteiger partial charge is 0.497 e. The Morgan fingerprint density at radius 2 is 1.93 bits per heavy atom. The lowest BCUT2D eigenvalue weighted by Crippen LogP contribution is -2.40. The van der Waals surface area contributed by atoms with Crippen LogP contribution in [0.2, 0.25) is 0 Å². The second-order valence-corrected chi connectivity index (χ2v) is 6.18. The number of benzene rings is 2. The summed E-state index contributed by atoms with van der Waals surface area (Å²) >= 11 is 0. The molecular weight excluding hydrogens is 358 g/mol. The Hall–Kier alpha value is -3.79. The molecule has 0 saturated carbocycles. The van der Waals surface area contributed by atoms with Crippen molar-refractivity contribution in [2.75, 3.05) is 13.7 Å². The van der Waals surface area contributed by atoms with Gasteiger partial charge in [0.05, 0.1) is 13.3 Å². The van der Waals surface area contributed by atoms with Gasteiger partial charge in [0, 0.05) is 5.56 Å². The van der Waals surface area contributed by atoms with E-state index in [1.165, 1.54) is 6.21 Å². The maximum Gasteiger partial charge on any atom is 0.346 e. The van der Waals surface area contributed by atoms with E-state index in [1.54, 1.807) is 62.6 Å². The van der Waals surface area contributed by atoms with Gasteiger partial charge in [-0.1, -0.05) is 30.2 Å². The fourth-order valence-corrected chi connectivity index (χ4v) is 2.81. The van der Waals surface area contributed by atoms with Gasteiger partial charge < -0.3 is 14.8 Å². The van der Waals surface area contributed by atoms with Gasteiger partial charge in [-0.3, -0.25) is 4.79 Å². The number of rotatable bonds is 6. The van der Waals surface area contributed by atoms with E-state index >= 15 is 0 Å². The highest BCUT2D eigenvalue weighted by Crippen LogP contribution is 2.30. The highest BCUT2D eigenvalue weighted by Gasteiger charge is 2.49. The van der Waals surface area contributed by atoms with Crippen molar-refractivity contribution in [1.82, 2.24) is 10.3 Å². The molecule has 1 aliphatic heterocycles. The van der Waals surface area contributed by atoms with Crippen LogP contribution >= 0.6 is 0 Å². The number of hydrazone groups is 1. The quantitative estimate of drug-likeness (QED) is 0.477. The molecule has 0 bridgehead atoms. The first-order chi connectivity index (χ1) is 13.5. The fraction of sp³-hybridized carbons (Fsp3) is 0.190. The van der Waals surface area contributed by atoms with Crippen molar-refractivity contribution in [1.29, 1.82) is 0 Å². The molecule has 1 saturated heterocycles. The van der Waals surface area contributed by atoms with Crippen LogP contribution in [0.1, 0.15) is 18.1 Å². The number of methoxy groups -OCH3 is 1. The Morgan fingerprint density at radius 1 is 1.21 bits per heavy atom. The number of nitrogens with zero attached hydrogens (tertiary/aromatic N) is 2. The summed E-state index contributed by atoms with van der Waals surface area (Å²) in [5.41, 5.74) is -0.00120. The zero-order chi connectivity index (χ0) is 20.1. The van der Waals surface area contributed by atoms with Gasteiger partial charge in [0.1, 0.15) is 23.6 Å². The van der Waals surface area contributed by atoms with Gasteiger partial charge in [0.15, 0.2) is 0 Å². The number of imide groups is 1. The first-order valence-electron chi connectivity index (χ1n) is 8.50. The first kappa shape index (κ1) is 19.0. The smallest absolute Gasteiger partial charge is 0.346 e. The number of urea groups is 1. The van der Waals surface area contributed by atoms with Gasteiger partial charge >= 0.3 is 6.03 Å². The van der Waals surface area contributed by atoms with Crippen molar-refractivity contribution in [2.45, 2.75) is 12.5 Å². The summed E-state index contributed by atoms with van der Waals surface area (Å²) in [5, 5.41) is 7.57. The van der Waals surface area contributed by atoms with E-state index in [0.717, 1.165) is 5.01 Å². The van der Waals surface area contributed by atoms with Gasteiger partial charge in [-0.05, 0) is 36.8 Å². The van der Waals surface area contributed by atoms with E-state index in [0.29, 0.717) is 22.6 Å². The van der Waals surface area contributed by atoms with Crippen LogP contribution < -0.4 is 14.8 Å². The summed E-state index contributed by atoms with van der Waals surface area (Å²) < 4.78 is 10.6. The molecule has 7 nitrogen and oxygen atoms in total. The highest BCUT2D eigenvalue weighted by atomic mass is 16.5. The molecule has 142 valence electrons. The van der Waals surface area contributed by atoms with Crippen molar-refractivity contribution < 1.29 is 19.1 Å². The van der Waals surface area contributed by atoms with E-state index in [9.17, 15) is 9.59 Å². The molecule has 3 rings (SSSR count). The summed E-state index contributed by atoms with van der Waals surface area (Å²) in [4.78, 5) is 25.3. The maximum atomic E-state index is 12.9. The van der Waals surface area contributed by atoms with Gasteiger partial charge in [0.2, 0.25) is 0 Å². The second kappa shape index (κ2) is 7.84. The molecule has 2 aromatic carbocycles. The van der Waals surface area contributed by atoms with Crippen molar-refractivity contribution in [2.24, 2.45) is 5.10 Å². The molecule has 0 spiro atoms. The van der Waals surface area contributed by atoms with Crippen molar-refractivity contribution in [3.63, 3.8) is 0 Å². The molecule has 0 aromatic heterocycles. The average molecular weight is 377 g/mol. The standard InChI is InChI=1S/C21H19N3O4/c1-4-13-28-18-8-6-5-7-15(18)14-22-24-19(25)21(2,23-20(24)26)16-9-11-17(27-3)12-10-16/h1,5-12,14H,13H2,2-3H3,(H,23,26)/b22-14-/t21-/m0/s1. The topological polar surface area (TPSA) is 80.2 Å². The second-order valence-electron chi connectivity index (χ2n) is 6.18. The average Bonchev–Trinajstić information content (AvgIpc) is 2.94. The Bertz CT molecular complexity index is 962. The maximum absolute atomic E-state index is 12.9. The number of hydrogen-bond acceptors (Lipinski definition) is 5. The van der Waals surface area contributed by atoms with Crippen LogP contribution in [0.15, 0.2) is 53.6 Å². The van der Waals surface area contributed by atoms with E-state index in [4.69, 9.17) is 15.9 Å². The normalized spacial score (nSPS) is 18.8. The SMILES string of the molecule is C#CCOc1ccccc1/C=N\N1C(=O)N[C@@](C)(c2ccc(OC)cc2)C1=O. The predicted molar refractivity (Wildman–Crippen MR) is 104 cm³/mol. The molecule has 7 heteroatoms. The number of ether oxygens (including phenoxy) is 2. The van der Waals surface area contributed by atoms with Crippen LogP contribution in [0.25, 0.3) is 0 Å². The number of carbonyl (C=O) groups excluding carboxylic acids is 2. The summed E-state index contributed by atoms with van der Waals surface area (Å²) in [6.45, 7) is 1.73. The molecular formula is C21H19N3O4. The van der Waals surface area contributed by atoms with Crippen LogP contribution in [0.5, 0.6) is 11.5 Å². The molecule has 3 amide bonds. The molecule has 1 atom stereocenters. The lowest BCUT2D eigenvalue weighted by atomic mass is 9.92. The zero-order valence-corrected chi connectivity index (χ0v) is 15.5. The summed E-state index contributed by atoms with van der Waals surface area (Å²) in [7, 11) is 1.56. The third kappa shape index (κ3) is 3.53. The zero-order valence-electron chi connectivity index (χ0n) is 15.5. The van der Waals surface area contributed by atoms with E-state index in [1.807, 2.05) is 0 Å². The van der Waals surface area contributed by atoms with Gasteiger partial charge in [-0.25, -0.2) is 4.79 Å². The molecule has 28 heavy (non-hydrogen) atoms. The van der Waals surface area contributed by atoms with Crippen molar-refractivity contribution in [3.05, 3.63) is 59.7 Å². The van der Waals surface area contributed by atoms with E-state index in [-0.39, 0.29) is 6.61 Å². The Labute approximate surface area is 162 Å². The molecule has 0 unspecified atom stereocenters. The van der Waals surface area contributed by atoms with Gasteiger partial charge in [0.25, 0.3) is 5.91 Å². The highest BCUT2D eigenvalue weighted by molar-refractivity contribution is 6.07. The predicted octanol–water partition coefficient (Wildman–Crippen LogP) is 2.51. The molecule has 0 aliphatic carbocycles. The van der Waals surface area contributed by atoms with E-state index in [2.05, 4.69) is 16.3 Å². The van der Waals surface area contributed by atoms with Crippen LogP contribution in [0, 0.1) is 12.3 Å². The van der Waals surface area contributed by atoms with Crippen LogP contribution in [-0.2, 0) is 10.3 Å². The Morgan fingerprint density at radius 3 is 2.61 bits per heavy atom. The molecule has 1 N–H and O–H groups in total. The lowest BCUT2D eigenvalue weighted by molar-refractivity contribution is -0.131.